The van der Waals surface area contributed by atoms with Crippen LogP contribution in [0.1, 0.15) is 30.4 Å². The lowest BCUT2D eigenvalue weighted by Crippen LogP contribution is -2.16. The van der Waals surface area contributed by atoms with E-state index in [4.69, 9.17) is 0 Å². The van der Waals surface area contributed by atoms with Crippen molar-refractivity contribution in [3.63, 3.8) is 0 Å². The minimum Gasteiger partial charge on any atom is -0.473 e. The van der Waals surface area contributed by atoms with Crippen molar-refractivity contribution in [2.24, 2.45) is 0 Å². The summed E-state index contributed by atoms with van der Waals surface area (Å²) in [6.45, 7) is 2.37. The maximum absolute atomic E-state index is 4.58. The lowest BCUT2D eigenvalue weighted by atomic mass is 9.81. The van der Waals surface area contributed by atoms with Gasteiger partial charge in [-0.15, -0.1) is 0 Å². The standard InChI is InChI=1S/C19H17I.C4H4O/c1-12-10-14(20)11-19-15(12)8-9-17-16-5-3-2-4-13(16)6-7-18(17)19;1-2-4-5-3-1/h2-9,12,14H,10-11H2,1H3;1-4H. The molecule has 4 aromatic rings. The molecule has 1 heterocycles. The molecule has 0 saturated carbocycles. The smallest absolute Gasteiger partial charge is 0.0902 e. The average molecular weight is 440 g/mol. The van der Waals surface area contributed by atoms with Crippen LogP contribution in [0.2, 0.25) is 0 Å². The van der Waals surface area contributed by atoms with Gasteiger partial charge in [0.1, 0.15) is 0 Å². The van der Waals surface area contributed by atoms with E-state index in [1.54, 1.807) is 23.7 Å². The van der Waals surface area contributed by atoms with Gasteiger partial charge < -0.3 is 4.42 Å². The molecule has 0 aliphatic heterocycles. The summed E-state index contributed by atoms with van der Waals surface area (Å²) in [5.74, 6) is 0.691. The summed E-state index contributed by atoms with van der Waals surface area (Å²) in [6, 6.07) is 21.7. The Labute approximate surface area is 162 Å². The van der Waals surface area contributed by atoms with Crippen molar-refractivity contribution >= 4 is 44.1 Å². The second-order valence-corrected chi connectivity index (χ2v) is 8.51. The van der Waals surface area contributed by atoms with E-state index in [1.807, 2.05) is 12.1 Å². The predicted octanol–water partition coefficient (Wildman–Crippen LogP) is 7.13. The van der Waals surface area contributed by atoms with E-state index in [9.17, 15) is 0 Å². The largest absolute Gasteiger partial charge is 0.473 e. The maximum atomic E-state index is 4.58. The molecule has 25 heavy (non-hydrogen) atoms. The second-order valence-electron chi connectivity index (χ2n) is 6.75. The second kappa shape index (κ2) is 7.20. The van der Waals surface area contributed by atoms with E-state index in [-0.39, 0.29) is 0 Å². The van der Waals surface area contributed by atoms with Crippen LogP contribution in [0.3, 0.4) is 0 Å². The van der Waals surface area contributed by atoms with Gasteiger partial charge in [-0.25, -0.2) is 0 Å². The Morgan fingerprint density at radius 1 is 0.840 bits per heavy atom. The highest BCUT2D eigenvalue weighted by atomic mass is 127. The van der Waals surface area contributed by atoms with Gasteiger partial charge in [0.05, 0.1) is 12.5 Å². The van der Waals surface area contributed by atoms with E-state index >= 15 is 0 Å². The number of benzene rings is 3. The van der Waals surface area contributed by atoms with E-state index in [0.29, 0.717) is 5.92 Å². The number of rotatable bonds is 0. The Morgan fingerprint density at radius 3 is 2.36 bits per heavy atom. The maximum Gasteiger partial charge on any atom is 0.0902 e. The number of fused-ring (bicyclic) bond motifs is 5. The molecule has 0 spiro atoms. The van der Waals surface area contributed by atoms with Crippen molar-refractivity contribution in [1.82, 2.24) is 0 Å². The minimum absolute atomic E-state index is 0.691. The van der Waals surface area contributed by atoms with Gasteiger partial charge in [0.2, 0.25) is 0 Å². The minimum atomic E-state index is 0.691. The van der Waals surface area contributed by atoms with Gasteiger partial charge in [0.15, 0.2) is 0 Å². The van der Waals surface area contributed by atoms with Crippen LogP contribution in [0, 0.1) is 0 Å². The van der Waals surface area contributed by atoms with Crippen molar-refractivity contribution in [2.45, 2.75) is 29.6 Å². The predicted molar refractivity (Wildman–Crippen MR) is 115 cm³/mol. The van der Waals surface area contributed by atoms with Crippen LogP contribution in [0.15, 0.2) is 77.6 Å². The summed E-state index contributed by atoms with van der Waals surface area (Å²) in [7, 11) is 0. The monoisotopic (exact) mass is 440 g/mol. The topological polar surface area (TPSA) is 13.1 Å². The van der Waals surface area contributed by atoms with Crippen LogP contribution >= 0.6 is 22.6 Å². The molecule has 2 atom stereocenters. The number of hydrogen-bond acceptors (Lipinski definition) is 1. The van der Waals surface area contributed by atoms with Crippen LogP contribution in [0.25, 0.3) is 21.5 Å². The van der Waals surface area contributed by atoms with Crippen molar-refractivity contribution in [2.75, 3.05) is 0 Å². The quantitative estimate of drug-likeness (QED) is 0.161. The SMILES string of the molecule is CC1CC(I)Cc2c1ccc1c2ccc2ccccc21.c1ccoc1. The normalized spacial score (nSPS) is 19.3. The van der Waals surface area contributed by atoms with Gasteiger partial charge in [-0.3, -0.25) is 0 Å². The fourth-order valence-electron chi connectivity index (χ4n) is 3.90. The molecule has 1 nitrogen and oxygen atoms in total. The summed E-state index contributed by atoms with van der Waals surface area (Å²) >= 11 is 2.62. The zero-order valence-corrected chi connectivity index (χ0v) is 16.4. The molecule has 1 aromatic heterocycles. The highest BCUT2D eigenvalue weighted by Gasteiger charge is 2.24. The Kier molecular flexibility index (Phi) is 4.80. The molecular formula is C23H21IO. The molecular weight excluding hydrogens is 419 g/mol. The lowest BCUT2D eigenvalue weighted by Gasteiger charge is -2.27. The summed E-state index contributed by atoms with van der Waals surface area (Å²) in [6.07, 6.45) is 5.78. The highest BCUT2D eigenvalue weighted by Crippen LogP contribution is 2.39. The highest BCUT2D eigenvalue weighted by molar-refractivity contribution is 14.1. The van der Waals surface area contributed by atoms with Crippen molar-refractivity contribution in [1.29, 1.82) is 0 Å². The summed E-state index contributed by atoms with van der Waals surface area (Å²) in [5.41, 5.74) is 3.16. The third-order valence-corrected chi connectivity index (χ3v) is 6.01. The van der Waals surface area contributed by atoms with Crippen LogP contribution in [-0.4, -0.2) is 3.92 Å². The van der Waals surface area contributed by atoms with Gasteiger partial charge in [-0.1, -0.05) is 78.0 Å². The zero-order chi connectivity index (χ0) is 17.2. The van der Waals surface area contributed by atoms with Crippen LogP contribution in [0.4, 0.5) is 0 Å². The molecule has 126 valence electrons. The first-order valence-electron chi connectivity index (χ1n) is 8.78. The molecule has 0 N–H and O–H groups in total. The van der Waals surface area contributed by atoms with E-state index in [2.05, 4.69) is 82.5 Å². The number of furan rings is 1. The first-order chi connectivity index (χ1) is 12.2. The first kappa shape index (κ1) is 16.6. The Morgan fingerprint density at radius 2 is 1.60 bits per heavy atom. The van der Waals surface area contributed by atoms with E-state index < -0.39 is 0 Å². The lowest BCUT2D eigenvalue weighted by molar-refractivity contribution is 0.567. The first-order valence-corrected chi connectivity index (χ1v) is 10.0. The van der Waals surface area contributed by atoms with Gasteiger partial charge in [0.25, 0.3) is 0 Å². The van der Waals surface area contributed by atoms with Crippen LogP contribution in [0.5, 0.6) is 0 Å². The zero-order valence-electron chi connectivity index (χ0n) is 14.3. The third kappa shape index (κ3) is 3.32. The Hall–Kier alpha value is -1.81. The molecule has 1 aliphatic carbocycles. The summed E-state index contributed by atoms with van der Waals surface area (Å²) in [4.78, 5) is 0. The van der Waals surface area contributed by atoms with Gasteiger partial charge >= 0.3 is 0 Å². The molecule has 2 unspecified atom stereocenters. The van der Waals surface area contributed by atoms with E-state index in [1.165, 1.54) is 34.4 Å². The number of hydrogen-bond donors (Lipinski definition) is 0. The molecule has 0 saturated heterocycles. The molecule has 3 aromatic carbocycles. The molecule has 0 fully saturated rings. The molecule has 0 radical (unpaired) electrons. The van der Waals surface area contributed by atoms with Crippen molar-refractivity contribution in [3.05, 3.63) is 84.3 Å². The van der Waals surface area contributed by atoms with Crippen LogP contribution < -0.4 is 0 Å². The third-order valence-electron chi connectivity index (χ3n) is 5.07. The Bertz CT molecular complexity index is 971. The molecule has 2 heteroatoms. The summed E-state index contributed by atoms with van der Waals surface area (Å²) in [5, 5.41) is 5.61. The Balaban J connectivity index is 0.000000272. The van der Waals surface area contributed by atoms with E-state index in [0.717, 1.165) is 3.92 Å². The average Bonchev–Trinajstić information content (AvgIpc) is 3.21. The van der Waals surface area contributed by atoms with Crippen LogP contribution in [-0.2, 0) is 6.42 Å². The molecule has 1 aliphatic rings. The van der Waals surface area contributed by atoms with Gasteiger partial charge in [0, 0.05) is 3.92 Å². The number of halogens is 1. The molecule has 5 rings (SSSR count). The number of alkyl halides is 1. The van der Waals surface area contributed by atoms with Gasteiger partial charge in [-0.2, -0.15) is 0 Å². The summed E-state index contributed by atoms with van der Waals surface area (Å²) < 4.78 is 5.35. The molecule has 0 bridgehead atoms. The van der Waals surface area contributed by atoms with Crippen molar-refractivity contribution in [3.8, 4) is 0 Å². The van der Waals surface area contributed by atoms with Gasteiger partial charge in [-0.05, 0) is 63.6 Å². The molecule has 0 amide bonds. The van der Waals surface area contributed by atoms with Crippen molar-refractivity contribution < 1.29 is 4.42 Å². The fraction of sp³-hybridized carbons (Fsp3) is 0.217. The fourth-order valence-corrected chi connectivity index (χ4v) is 5.10.